The first-order valence-electron chi connectivity index (χ1n) is 7.64. The van der Waals surface area contributed by atoms with Crippen LogP contribution in [-0.2, 0) is 0 Å². The van der Waals surface area contributed by atoms with Gasteiger partial charge in [-0.3, -0.25) is 0 Å². The molecule has 0 aromatic rings. The van der Waals surface area contributed by atoms with E-state index in [4.69, 9.17) is 0 Å². The molecular weight excluding hydrogens is 216 g/mol. The van der Waals surface area contributed by atoms with Gasteiger partial charge in [-0.25, -0.2) is 0 Å². The fourth-order valence-corrected chi connectivity index (χ4v) is 2.98. The summed E-state index contributed by atoms with van der Waals surface area (Å²) in [6, 6.07) is 0. The quantitative estimate of drug-likeness (QED) is 0.511. The van der Waals surface area contributed by atoms with E-state index in [1.807, 2.05) is 13.8 Å². The predicted molar refractivity (Wildman–Crippen MR) is 84.8 cm³/mol. The Kier molecular flexibility index (Phi) is 8.79. The van der Waals surface area contributed by atoms with E-state index in [1.54, 1.807) is 0 Å². The molecule has 1 rings (SSSR count). The summed E-state index contributed by atoms with van der Waals surface area (Å²) in [5.74, 6) is 1.49. The minimum atomic E-state index is 0.708. The highest BCUT2D eigenvalue weighted by Crippen LogP contribution is 2.40. The Bertz CT molecular complexity index is 293. The van der Waals surface area contributed by atoms with Crippen LogP contribution in [0.1, 0.15) is 66.7 Å². The zero-order valence-corrected chi connectivity index (χ0v) is 13.2. The minimum Gasteiger partial charge on any atom is -0.0996 e. The number of hydrogen-bond acceptors (Lipinski definition) is 0. The molecule has 1 aliphatic carbocycles. The Hall–Kier alpha value is -0.780. The molecule has 18 heavy (non-hydrogen) atoms. The van der Waals surface area contributed by atoms with Crippen LogP contribution in [-0.4, -0.2) is 0 Å². The topological polar surface area (TPSA) is 0 Å². The number of allylic oxidation sites excluding steroid dienone is 4. The van der Waals surface area contributed by atoms with Gasteiger partial charge >= 0.3 is 0 Å². The normalized spacial score (nSPS) is 23.3. The predicted octanol–water partition coefficient (Wildman–Crippen LogP) is 6.31. The fourth-order valence-electron chi connectivity index (χ4n) is 2.98. The maximum Gasteiger partial charge on any atom is -0.0177 e. The molecule has 0 amide bonds. The molecule has 104 valence electrons. The van der Waals surface area contributed by atoms with E-state index in [-0.39, 0.29) is 0 Å². The van der Waals surface area contributed by atoms with Crippen molar-refractivity contribution in [3.63, 3.8) is 0 Å². The number of rotatable bonds is 4. The Labute approximate surface area is 115 Å². The van der Waals surface area contributed by atoms with Gasteiger partial charge in [0, 0.05) is 0 Å². The third kappa shape index (κ3) is 4.48. The molecule has 0 N–H and O–H groups in total. The molecule has 0 radical (unpaired) electrons. The highest BCUT2D eigenvalue weighted by molar-refractivity contribution is 5.31. The monoisotopic (exact) mass is 248 g/mol. The molecule has 0 heteroatoms. The van der Waals surface area contributed by atoms with Crippen molar-refractivity contribution in [1.82, 2.24) is 0 Å². The van der Waals surface area contributed by atoms with Gasteiger partial charge in [0.15, 0.2) is 0 Å². The van der Waals surface area contributed by atoms with Gasteiger partial charge in [-0.15, -0.1) is 0 Å². The summed E-state index contributed by atoms with van der Waals surface area (Å²) in [5, 5.41) is 0. The first-order chi connectivity index (χ1) is 8.63. The van der Waals surface area contributed by atoms with E-state index >= 15 is 0 Å². The van der Waals surface area contributed by atoms with Crippen molar-refractivity contribution in [3.05, 3.63) is 36.0 Å². The largest absolute Gasteiger partial charge is 0.0996 e. The van der Waals surface area contributed by atoms with Crippen LogP contribution >= 0.6 is 0 Å². The lowest BCUT2D eigenvalue weighted by Gasteiger charge is -2.33. The molecule has 0 aliphatic heterocycles. The van der Waals surface area contributed by atoms with Gasteiger partial charge < -0.3 is 0 Å². The molecule has 0 bridgehead atoms. The summed E-state index contributed by atoms with van der Waals surface area (Å²) >= 11 is 0. The zero-order valence-electron chi connectivity index (χ0n) is 13.2. The van der Waals surface area contributed by atoms with E-state index in [0.717, 1.165) is 12.3 Å². The lowest BCUT2D eigenvalue weighted by molar-refractivity contribution is 0.324. The first kappa shape index (κ1) is 17.2. The van der Waals surface area contributed by atoms with Crippen molar-refractivity contribution in [1.29, 1.82) is 0 Å². The minimum absolute atomic E-state index is 0.708. The van der Waals surface area contributed by atoms with Crippen LogP contribution in [0.2, 0.25) is 0 Å². The van der Waals surface area contributed by atoms with E-state index in [9.17, 15) is 0 Å². The number of hydrogen-bond donors (Lipinski definition) is 0. The van der Waals surface area contributed by atoms with Gasteiger partial charge in [0.05, 0.1) is 0 Å². The molecule has 0 aromatic carbocycles. The molecule has 2 atom stereocenters. The molecule has 2 unspecified atom stereocenters. The van der Waals surface area contributed by atoms with Gasteiger partial charge in [-0.05, 0) is 56.4 Å². The van der Waals surface area contributed by atoms with Gasteiger partial charge in [0.25, 0.3) is 0 Å². The van der Waals surface area contributed by atoms with E-state index < -0.39 is 0 Å². The summed E-state index contributed by atoms with van der Waals surface area (Å²) < 4.78 is 0. The Morgan fingerprint density at radius 3 is 2.39 bits per heavy atom. The molecule has 0 saturated heterocycles. The van der Waals surface area contributed by atoms with Crippen LogP contribution in [0.3, 0.4) is 0 Å². The smallest absolute Gasteiger partial charge is 0.0177 e. The molecular formula is C18H32. The van der Waals surface area contributed by atoms with Crippen molar-refractivity contribution in [2.75, 3.05) is 0 Å². The lowest BCUT2D eigenvalue weighted by Crippen LogP contribution is -2.20. The third-order valence-electron chi connectivity index (χ3n) is 4.08. The average Bonchev–Trinajstić information content (AvgIpc) is 2.42. The highest BCUT2D eigenvalue weighted by Gasteiger charge is 2.26. The van der Waals surface area contributed by atoms with Crippen LogP contribution in [0, 0.1) is 11.8 Å². The average molecular weight is 248 g/mol. The van der Waals surface area contributed by atoms with E-state index in [1.165, 1.54) is 42.4 Å². The Morgan fingerprint density at radius 2 is 2.00 bits per heavy atom. The van der Waals surface area contributed by atoms with Crippen LogP contribution < -0.4 is 0 Å². The highest BCUT2D eigenvalue weighted by atomic mass is 14.3. The van der Waals surface area contributed by atoms with Gasteiger partial charge in [0.2, 0.25) is 0 Å². The van der Waals surface area contributed by atoms with Gasteiger partial charge in [-0.2, -0.15) is 0 Å². The second-order valence-electron chi connectivity index (χ2n) is 4.95. The van der Waals surface area contributed by atoms with Crippen LogP contribution in [0.25, 0.3) is 0 Å². The third-order valence-corrected chi connectivity index (χ3v) is 4.08. The lowest BCUT2D eigenvalue weighted by atomic mass is 9.72. The second kappa shape index (κ2) is 9.19. The molecule has 0 nitrogen and oxygen atoms in total. The van der Waals surface area contributed by atoms with Crippen LogP contribution in [0.5, 0.6) is 0 Å². The molecule has 1 saturated carbocycles. The Morgan fingerprint density at radius 1 is 1.39 bits per heavy atom. The van der Waals surface area contributed by atoms with Crippen LogP contribution in [0.4, 0.5) is 0 Å². The molecule has 0 aromatic heterocycles. The van der Waals surface area contributed by atoms with Crippen molar-refractivity contribution >= 4 is 0 Å². The van der Waals surface area contributed by atoms with Gasteiger partial charge in [0.1, 0.15) is 0 Å². The molecule has 0 heterocycles. The van der Waals surface area contributed by atoms with Crippen molar-refractivity contribution in [3.8, 4) is 0 Å². The van der Waals surface area contributed by atoms with E-state index in [0.29, 0.717) is 5.92 Å². The Balaban J connectivity index is 0.00000137. The van der Waals surface area contributed by atoms with E-state index in [2.05, 4.69) is 40.0 Å². The second-order valence-corrected chi connectivity index (χ2v) is 4.95. The van der Waals surface area contributed by atoms with Crippen molar-refractivity contribution < 1.29 is 0 Å². The fraction of sp³-hybridized carbons (Fsp3) is 0.667. The summed E-state index contributed by atoms with van der Waals surface area (Å²) in [5.41, 5.74) is 4.28. The molecule has 0 spiro atoms. The first-order valence-corrected chi connectivity index (χ1v) is 7.64. The zero-order chi connectivity index (χ0) is 14.1. The van der Waals surface area contributed by atoms with Crippen molar-refractivity contribution in [2.45, 2.75) is 66.7 Å². The summed E-state index contributed by atoms with van der Waals surface area (Å²) in [7, 11) is 0. The summed E-state index contributed by atoms with van der Waals surface area (Å²) in [4.78, 5) is 0. The van der Waals surface area contributed by atoms with Crippen LogP contribution in [0.15, 0.2) is 36.0 Å². The maximum atomic E-state index is 4.24. The standard InChI is InChI=1S/C16H26.C2H6/c1-6-12(4)16(8-3)15-10-9-14(7-2)13(5)11-15;1-2/h7,15-16H,4-6,8-11H2,1-3H3;1-2H3/b14-7-;. The molecule has 1 fully saturated rings. The summed E-state index contributed by atoms with van der Waals surface area (Å²) in [6.07, 6.45) is 8.29. The molecule has 1 aliphatic rings. The van der Waals surface area contributed by atoms with Gasteiger partial charge in [-0.1, -0.05) is 58.1 Å². The maximum absolute atomic E-state index is 4.24. The summed E-state index contributed by atoms with van der Waals surface area (Å²) in [6.45, 7) is 19.1. The SMILES string of the molecule is C=C1CC(C(CC)C(=C)CC)CC/C1=C/C.CC. The van der Waals surface area contributed by atoms with Crippen molar-refractivity contribution in [2.24, 2.45) is 11.8 Å².